The second-order valence-corrected chi connectivity index (χ2v) is 8.26. The zero-order chi connectivity index (χ0) is 19.4. The maximum Gasteiger partial charge on any atom is 0.325 e. The lowest BCUT2D eigenvalue weighted by molar-refractivity contribution is -0.144. The van der Waals surface area contributed by atoms with Gasteiger partial charge >= 0.3 is 5.97 Å². The molecule has 5 rings (SSSR count). The number of carbonyl (C=O) groups is 1. The van der Waals surface area contributed by atoms with Crippen LogP contribution in [0.5, 0.6) is 0 Å². The lowest BCUT2D eigenvalue weighted by atomic mass is 9.82. The standard InChI is InChI=1S/C21H20ClN3O3/c22-14-4-5-15-16(8-23-17(15)7-14)20(21(27)28)24-9-12-6-13(11-24)18-2-1-3-19(26)25(18)10-12/h1-5,7-8,12-13,20,23H,6,9-11H2,(H,27,28)/t12-,13-,20-/m1/s1. The van der Waals surface area contributed by atoms with E-state index < -0.39 is 12.0 Å². The number of hydrogen-bond acceptors (Lipinski definition) is 3. The Labute approximate surface area is 166 Å². The van der Waals surface area contributed by atoms with Crippen LogP contribution in [-0.4, -0.2) is 38.6 Å². The van der Waals surface area contributed by atoms with Crippen molar-refractivity contribution >= 4 is 28.5 Å². The van der Waals surface area contributed by atoms with Gasteiger partial charge in [0.2, 0.25) is 0 Å². The van der Waals surface area contributed by atoms with E-state index >= 15 is 0 Å². The Morgan fingerprint density at radius 3 is 2.89 bits per heavy atom. The zero-order valence-corrected chi connectivity index (χ0v) is 15.9. The summed E-state index contributed by atoms with van der Waals surface area (Å²) in [6.45, 7) is 1.93. The van der Waals surface area contributed by atoms with Gasteiger partial charge < -0.3 is 14.7 Å². The van der Waals surface area contributed by atoms with E-state index in [2.05, 4.69) is 9.88 Å². The Balaban J connectivity index is 1.54. The van der Waals surface area contributed by atoms with Gasteiger partial charge in [-0.1, -0.05) is 23.7 Å². The first-order chi connectivity index (χ1) is 13.5. The molecule has 2 aliphatic rings. The number of aromatic amines is 1. The Morgan fingerprint density at radius 2 is 2.07 bits per heavy atom. The van der Waals surface area contributed by atoms with E-state index in [4.69, 9.17) is 11.6 Å². The summed E-state index contributed by atoms with van der Waals surface area (Å²) >= 11 is 6.07. The van der Waals surface area contributed by atoms with E-state index in [1.54, 1.807) is 24.4 Å². The first kappa shape index (κ1) is 17.5. The van der Waals surface area contributed by atoms with Crippen LogP contribution in [0.3, 0.4) is 0 Å². The van der Waals surface area contributed by atoms with Gasteiger partial charge in [-0.25, -0.2) is 0 Å². The Hall–Kier alpha value is -2.57. The maximum atomic E-state index is 12.3. The molecule has 2 N–H and O–H groups in total. The fourth-order valence-electron chi connectivity index (χ4n) is 4.98. The van der Waals surface area contributed by atoms with Crippen LogP contribution >= 0.6 is 11.6 Å². The van der Waals surface area contributed by atoms with Gasteiger partial charge in [0.1, 0.15) is 6.04 Å². The van der Waals surface area contributed by atoms with Gasteiger partial charge in [0.25, 0.3) is 5.56 Å². The summed E-state index contributed by atoms with van der Waals surface area (Å²) in [6, 6.07) is 10.1. The molecule has 0 amide bonds. The van der Waals surface area contributed by atoms with Crippen molar-refractivity contribution in [1.82, 2.24) is 14.5 Å². The average Bonchev–Trinajstić information content (AvgIpc) is 3.05. The lowest BCUT2D eigenvalue weighted by Crippen LogP contribution is -2.49. The van der Waals surface area contributed by atoms with Crippen molar-refractivity contribution in [2.75, 3.05) is 13.1 Å². The van der Waals surface area contributed by atoms with E-state index in [9.17, 15) is 14.7 Å². The van der Waals surface area contributed by atoms with Gasteiger partial charge in [0, 0.05) is 65.0 Å². The van der Waals surface area contributed by atoms with Gasteiger partial charge in [-0.05, 0) is 30.5 Å². The monoisotopic (exact) mass is 397 g/mol. The number of fused-ring (bicyclic) bond motifs is 5. The van der Waals surface area contributed by atoms with E-state index in [1.807, 2.05) is 22.8 Å². The van der Waals surface area contributed by atoms with Crippen LogP contribution in [0.25, 0.3) is 10.9 Å². The molecule has 1 saturated heterocycles. The second-order valence-electron chi connectivity index (χ2n) is 7.83. The summed E-state index contributed by atoms with van der Waals surface area (Å²) in [5, 5.41) is 11.6. The van der Waals surface area contributed by atoms with Crippen LogP contribution in [0.15, 0.2) is 47.4 Å². The lowest BCUT2D eigenvalue weighted by Gasteiger charge is -2.44. The molecule has 1 aromatic carbocycles. The Kier molecular flexibility index (Phi) is 4.07. The van der Waals surface area contributed by atoms with Gasteiger partial charge in [-0.3, -0.25) is 14.5 Å². The van der Waals surface area contributed by atoms with E-state index in [0.29, 0.717) is 24.7 Å². The second kappa shape index (κ2) is 6.50. The normalized spacial score (nSPS) is 22.8. The number of benzene rings is 1. The maximum absolute atomic E-state index is 12.3. The molecule has 0 unspecified atom stereocenters. The SMILES string of the molecule is O=C(O)[C@@H](c1c[nH]c2cc(Cl)ccc12)N1C[C@H]2C[C@H](C1)c1cccc(=O)n1C2. The minimum atomic E-state index is -0.860. The van der Waals surface area contributed by atoms with Crippen molar-refractivity contribution in [3.63, 3.8) is 0 Å². The first-order valence-corrected chi connectivity index (χ1v) is 9.82. The number of aliphatic carboxylic acids is 1. The molecule has 4 heterocycles. The molecule has 0 aliphatic carbocycles. The fourth-order valence-corrected chi connectivity index (χ4v) is 5.15. The van der Waals surface area contributed by atoms with Gasteiger partial charge in [-0.15, -0.1) is 0 Å². The highest BCUT2D eigenvalue weighted by Crippen LogP contribution is 2.39. The number of nitrogens with zero attached hydrogens (tertiary/aromatic N) is 2. The number of carboxylic acid groups (broad SMARTS) is 1. The van der Waals surface area contributed by atoms with Gasteiger partial charge in [-0.2, -0.15) is 0 Å². The summed E-state index contributed by atoms with van der Waals surface area (Å²) in [4.78, 5) is 29.7. The number of rotatable bonds is 3. The number of hydrogen-bond donors (Lipinski definition) is 2. The number of aromatic nitrogens is 2. The highest BCUT2D eigenvalue weighted by Gasteiger charge is 2.40. The molecule has 0 radical (unpaired) electrons. The Bertz CT molecular complexity index is 1140. The number of H-pyrrole nitrogens is 1. The molecule has 0 spiro atoms. The predicted molar refractivity (Wildman–Crippen MR) is 107 cm³/mol. The molecule has 2 aliphatic heterocycles. The first-order valence-electron chi connectivity index (χ1n) is 9.44. The third kappa shape index (κ3) is 2.75. The Morgan fingerprint density at radius 1 is 1.21 bits per heavy atom. The van der Waals surface area contributed by atoms with E-state index in [0.717, 1.165) is 28.6 Å². The predicted octanol–water partition coefficient (Wildman–Crippen LogP) is 3.23. The summed E-state index contributed by atoms with van der Waals surface area (Å²) in [7, 11) is 0. The zero-order valence-electron chi connectivity index (χ0n) is 15.1. The van der Waals surface area contributed by atoms with Crippen molar-refractivity contribution in [3.05, 3.63) is 69.2 Å². The molecule has 3 aromatic rings. The molecule has 7 heteroatoms. The van der Waals surface area contributed by atoms with Gasteiger partial charge in [0.15, 0.2) is 0 Å². The topological polar surface area (TPSA) is 78.3 Å². The van der Waals surface area contributed by atoms with Crippen LogP contribution in [0.2, 0.25) is 5.02 Å². The van der Waals surface area contributed by atoms with Crippen LogP contribution in [-0.2, 0) is 11.3 Å². The fraction of sp³-hybridized carbons (Fsp3) is 0.333. The number of carboxylic acids is 1. The molecule has 6 nitrogen and oxygen atoms in total. The summed E-state index contributed by atoms with van der Waals surface area (Å²) in [5.41, 5.74) is 2.64. The van der Waals surface area contributed by atoms with Crippen molar-refractivity contribution in [3.8, 4) is 0 Å². The van der Waals surface area contributed by atoms with Crippen molar-refractivity contribution in [2.24, 2.45) is 5.92 Å². The highest BCUT2D eigenvalue weighted by molar-refractivity contribution is 6.31. The number of pyridine rings is 1. The summed E-state index contributed by atoms with van der Waals surface area (Å²) < 4.78 is 1.86. The number of piperidine rings is 1. The van der Waals surface area contributed by atoms with Crippen LogP contribution < -0.4 is 5.56 Å². The van der Waals surface area contributed by atoms with Crippen LogP contribution in [0.1, 0.15) is 29.6 Å². The third-order valence-electron chi connectivity index (χ3n) is 6.08. The van der Waals surface area contributed by atoms with E-state index in [1.165, 1.54) is 0 Å². The minimum Gasteiger partial charge on any atom is -0.480 e. The molecule has 1 fully saturated rings. The molecular formula is C21H20ClN3O3. The highest BCUT2D eigenvalue weighted by atomic mass is 35.5. The van der Waals surface area contributed by atoms with Crippen LogP contribution in [0, 0.1) is 5.92 Å². The molecule has 0 saturated carbocycles. The smallest absolute Gasteiger partial charge is 0.325 e. The summed E-state index contributed by atoms with van der Waals surface area (Å²) in [5.74, 6) is -0.419. The minimum absolute atomic E-state index is 0.0314. The van der Waals surface area contributed by atoms with Crippen molar-refractivity contribution < 1.29 is 9.90 Å². The molecule has 3 atom stereocenters. The number of nitrogens with one attached hydrogen (secondary N) is 1. The third-order valence-corrected chi connectivity index (χ3v) is 6.31. The molecule has 2 bridgehead atoms. The molecular weight excluding hydrogens is 378 g/mol. The largest absolute Gasteiger partial charge is 0.480 e. The molecule has 2 aromatic heterocycles. The number of likely N-dealkylation sites (tertiary alicyclic amines) is 1. The van der Waals surface area contributed by atoms with E-state index in [-0.39, 0.29) is 17.4 Å². The quantitative estimate of drug-likeness (QED) is 0.711. The molecule has 144 valence electrons. The van der Waals surface area contributed by atoms with Crippen LogP contribution in [0.4, 0.5) is 0 Å². The molecule has 28 heavy (non-hydrogen) atoms. The van der Waals surface area contributed by atoms with Gasteiger partial charge in [0.05, 0.1) is 0 Å². The summed E-state index contributed by atoms with van der Waals surface area (Å²) in [6.07, 6.45) is 2.78. The average molecular weight is 398 g/mol. The number of halogens is 1. The van der Waals surface area contributed by atoms with Crippen molar-refractivity contribution in [2.45, 2.75) is 24.9 Å². The van der Waals surface area contributed by atoms with Crippen molar-refractivity contribution in [1.29, 1.82) is 0 Å².